The second-order valence-electron chi connectivity index (χ2n) is 7.15. The van der Waals surface area contributed by atoms with Crippen LogP contribution in [0.3, 0.4) is 0 Å². The van der Waals surface area contributed by atoms with Gasteiger partial charge in [0.2, 0.25) is 5.89 Å². The van der Waals surface area contributed by atoms with Crippen LogP contribution in [0, 0.1) is 0 Å². The van der Waals surface area contributed by atoms with Crippen LogP contribution < -0.4 is 0 Å². The number of aryl methyl sites for hydroxylation is 1. The third-order valence-corrected chi connectivity index (χ3v) is 5.22. The summed E-state index contributed by atoms with van der Waals surface area (Å²) in [6.07, 6.45) is 8.37. The van der Waals surface area contributed by atoms with E-state index >= 15 is 0 Å². The van der Waals surface area contributed by atoms with E-state index in [0.29, 0.717) is 17.7 Å². The summed E-state index contributed by atoms with van der Waals surface area (Å²) in [7, 11) is 0. The van der Waals surface area contributed by atoms with E-state index in [4.69, 9.17) is 4.52 Å². The Morgan fingerprint density at radius 3 is 2.75 bits per heavy atom. The van der Waals surface area contributed by atoms with Crippen molar-refractivity contribution in [1.29, 1.82) is 0 Å². The topological polar surface area (TPSA) is 62.4 Å². The minimum Gasteiger partial charge on any atom is -0.508 e. The molecule has 1 N–H and O–H groups in total. The third-order valence-electron chi connectivity index (χ3n) is 5.22. The Balaban J connectivity index is 1.35. The number of piperidine rings is 1. The van der Waals surface area contributed by atoms with Gasteiger partial charge in [-0.2, -0.15) is 4.98 Å². The Morgan fingerprint density at radius 1 is 1.12 bits per heavy atom. The van der Waals surface area contributed by atoms with Crippen LogP contribution in [0.4, 0.5) is 0 Å². The predicted molar refractivity (Wildman–Crippen MR) is 90.7 cm³/mol. The van der Waals surface area contributed by atoms with Gasteiger partial charge in [0.05, 0.1) is 6.54 Å². The first-order valence-corrected chi connectivity index (χ1v) is 9.12. The van der Waals surface area contributed by atoms with E-state index < -0.39 is 0 Å². The van der Waals surface area contributed by atoms with Gasteiger partial charge < -0.3 is 9.63 Å². The normalized spacial score (nSPS) is 21.9. The Labute approximate surface area is 142 Å². The molecule has 4 rings (SSSR count). The van der Waals surface area contributed by atoms with Gasteiger partial charge in [0.15, 0.2) is 5.82 Å². The standard InChI is InChI=1S/C19H25N3O2/c23-17-10-5-14(6-11-17)4-9-16-3-1-2-12-22(16)13-18-20-19(21-24-18)15-7-8-15/h5-6,10-11,15-16,23H,1-4,7-9,12-13H2/t16-/m1/s1. The van der Waals surface area contributed by atoms with Crippen LogP contribution in [0.25, 0.3) is 0 Å². The van der Waals surface area contributed by atoms with Gasteiger partial charge >= 0.3 is 0 Å². The van der Waals surface area contributed by atoms with Gasteiger partial charge in [-0.05, 0) is 62.8 Å². The van der Waals surface area contributed by atoms with Crippen LogP contribution in [0.5, 0.6) is 5.75 Å². The number of hydrogen-bond donors (Lipinski definition) is 1. The van der Waals surface area contributed by atoms with E-state index in [-0.39, 0.29) is 0 Å². The quantitative estimate of drug-likeness (QED) is 0.877. The highest BCUT2D eigenvalue weighted by atomic mass is 16.5. The molecule has 1 aliphatic carbocycles. The molecule has 0 unspecified atom stereocenters. The van der Waals surface area contributed by atoms with Crippen molar-refractivity contribution in [1.82, 2.24) is 15.0 Å². The fraction of sp³-hybridized carbons (Fsp3) is 0.579. The number of nitrogens with zero attached hydrogens (tertiary/aromatic N) is 3. The van der Waals surface area contributed by atoms with Gasteiger partial charge in [0.25, 0.3) is 0 Å². The average Bonchev–Trinajstić information content (AvgIpc) is 3.35. The summed E-state index contributed by atoms with van der Waals surface area (Å²) in [6, 6.07) is 8.14. The van der Waals surface area contributed by atoms with E-state index in [9.17, 15) is 5.11 Å². The highest BCUT2D eigenvalue weighted by Gasteiger charge is 2.30. The van der Waals surface area contributed by atoms with E-state index in [0.717, 1.165) is 37.6 Å². The molecule has 1 atom stereocenters. The molecule has 2 fully saturated rings. The zero-order valence-electron chi connectivity index (χ0n) is 14.0. The van der Waals surface area contributed by atoms with Crippen molar-refractivity contribution < 1.29 is 9.63 Å². The van der Waals surface area contributed by atoms with Crippen molar-refractivity contribution in [3.05, 3.63) is 41.5 Å². The monoisotopic (exact) mass is 327 g/mol. The number of aromatic nitrogens is 2. The first kappa shape index (κ1) is 15.6. The Kier molecular flexibility index (Phi) is 4.52. The molecule has 2 heterocycles. The lowest BCUT2D eigenvalue weighted by atomic mass is 9.96. The van der Waals surface area contributed by atoms with E-state index in [2.05, 4.69) is 15.0 Å². The zero-order valence-corrected chi connectivity index (χ0v) is 14.0. The van der Waals surface area contributed by atoms with E-state index in [1.807, 2.05) is 12.1 Å². The number of likely N-dealkylation sites (tertiary alicyclic amines) is 1. The molecule has 1 aromatic heterocycles. The third kappa shape index (κ3) is 3.78. The molecule has 24 heavy (non-hydrogen) atoms. The maximum absolute atomic E-state index is 9.39. The van der Waals surface area contributed by atoms with Gasteiger partial charge in [-0.15, -0.1) is 0 Å². The summed E-state index contributed by atoms with van der Waals surface area (Å²) in [5.74, 6) is 2.56. The summed E-state index contributed by atoms with van der Waals surface area (Å²) < 4.78 is 5.46. The maximum Gasteiger partial charge on any atom is 0.240 e. The fourth-order valence-electron chi connectivity index (χ4n) is 3.60. The largest absolute Gasteiger partial charge is 0.508 e. The molecule has 5 heteroatoms. The maximum atomic E-state index is 9.39. The zero-order chi connectivity index (χ0) is 16.4. The lowest BCUT2D eigenvalue weighted by molar-refractivity contribution is 0.117. The molecule has 0 spiro atoms. The molecule has 1 aliphatic heterocycles. The molecule has 2 aromatic rings. The van der Waals surface area contributed by atoms with E-state index in [1.165, 1.54) is 37.7 Å². The van der Waals surface area contributed by atoms with Crippen LogP contribution in [-0.4, -0.2) is 32.7 Å². The van der Waals surface area contributed by atoms with Gasteiger partial charge in [0, 0.05) is 12.0 Å². The van der Waals surface area contributed by atoms with Crippen LogP contribution in [-0.2, 0) is 13.0 Å². The smallest absolute Gasteiger partial charge is 0.240 e. The lowest BCUT2D eigenvalue weighted by Crippen LogP contribution is -2.39. The minimum atomic E-state index is 0.334. The van der Waals surface area contributed by atoms with Crippen LogP contribution in [0.1, 0.15) is 61.7 Å². The Hall–Kier alpha value is -1.88. The van der Waals surface area contributed by atoms with Crippen molar-refractivity contribution in [3.8, 4) is 5.75 Å². The summed E-state index contributed by atoms with van der Waals surface area (Å²) in [6.45, 7) is 1.89. The van der Waals surface area contributed by atoms with Crippen molar-refractivity contribution in [3.63, 3.8) is 0 Å². The summed E-state index contributed by atoms with van der Waals surface area (Å²) in [5.41, 5.74) is 1.28. The molecule has 1 saturated heterocycles. The molecule has 0 radical (unpaired) electrons. The number of phenols is 1. The predicted octanol–water partition coefficient (Wildman–Crippen LogP) is 3.64. The van der Waals surface area contributed by atoms with E-state index in [1.54, 1.807) is 12.1 Å². The molecule has 5 nitrogen and oxygen atoms in total. The molecule has 128 valence electrons. The number of benzene rings is 1. The van der Waals surface area contributed by atoms with Crippen molar-refractivity contribution in [2.24, 2.45) is 0 Å². The van der Waals surface area contributed by atoms with Crippen molar-refractivity contribution in [2.75, 3.05) is 6.54 Å². The number of rotatable bonds is 6. The SMILES string of the molecule is Oc1ccc(CC[C@H]2CCCCN2Cc2nc(C3CC3)no2)cc1. The molecule has 0 amide bonds. The van der Waals surface area contributed by atoms with Crippen LogP contribution in [0.15, 0.2) is 28.8 Å². The summed E-state index contributed by atoms with van der Waals surface area (Å²) in [5, 5.41) is 13.5. The highest BCUT2D eigenvalue weighted by molar-refractivity contribution is 5.26. The molecule has 1 aromatic carbocycles. The number of hydrogen-bond acceptors (Lipinski definition) is 5. The highest BCUT2D eigenvalue weighted by Crippen LogP contribution is 2.38. The second kappa shape index (κ2) is 6.93. The molecular weight excluding hydrogens is 302 g/mol. The van der Waals surface area contributed by atoms with Crippen LogP contribution >= 0.6 is 0 Å². The lowest BCUT2D eigenvalue weighted by Gasteiger charge is -2.34. The van der Waals surface area contributed by atoms with Gasteiger partial charge in [-0.3, -0.25) is 4.90 Å². The van der Waals surface area contributed by atoms with Crippen LogP contribution in [0.2, 0.25) is 0 Å². The molecular formula is C19H25N3O2. The van der Waals surface area contributed by atoms with Crippen molar-refractivity contribution >= 4 is 0 Å². The summed E-state index contributed by atoms with van der Waals surface area (Å²) in [4.78, 5) is 7.09. The van der Waals surface area contributed by atoms with Gasteiger partial charge in [-0.1, -0.05) is 23.7 Å². The first-order valence-electron chi connectivity index (χ1n) is 9.12. The fourth-order valence-corrected chi connectivity index (χ4v) is 3.60. The Bertz CT molecular complexity index is 664. The minimum absolute atomic E-state index is 0.334. The van der Waals surface area contributed by atoms with Crippen molar-refractivity contribution in [2.45, 2.75) is 63.5 Å². The number of phenolic OH excluding ortho intramolecular Hbond substituents is 1. The van der Waals surface area contributed by atoms with Gasteiger partial charge in [0.1, 0.15) is 5.75 Å². The van der Waals surface area contributed by atoms with Gasteiger partial charge in [-0.25, -0.2) is 0 Å². The second-order valence-corrected chi connectivity index (χ2v) is 7.15. The summed E-state index contributed by atoms with van der Waals surface area (Å²) >= 11 is 0. The molecule has 2 aliphatic rings. The number of aromatic hydroxyl groups is 1. The average molecular weight is 327 g/mol. The molecule has 0 bridgehead atoms. The first-order chi connectivity index (χ1) is 11.8. The molecule has 1 saturated carbocycles. The Morgan fingerprint density at radius 2 is 1.96 bits per heavy atom.